The molecule has 5 heteroatoms. The topological polar surface area (TPSA) is 64.4 Å². The van der Waals surface area contributed by atoms with Gasteiger partial charge in [0, 0.05) is 6.54 Å². The van der Waals surface area contributed by atoms with Gasteiger partial charge in [0.2, 0.25) is 0 Å². The van der Waals surface area contributed by atoms with Crippen LogP contribution in [0.3, 0.4) is 0 Å². The minimum atomic E-state index is -0.945. The summed E-state index contributed by atoms with van der Waals surface area (Å²) in [7, 11) is 0. The summed E-state index contributed by atoms with van der Waals surface area (Å²) in [5, 5.41) is 9.14. The first kappa shape index (κ1) is 16.1. The zero-order valence-corrected chi connectivity index (χ0v) is 13.8. The largest absolute Gasteiger partial charge is 0.486 e. The molecule has 0 radical (unpaired) electrons. The second-order valence-electron chi connectivity index (χ2n) is 5.79. The second-order valence-corrected chi connectivity index (χ2v) is 5.79. The molecule has 0 unspecified atom stereocenters. The van der Waals surface area contributed by atoms with Crippen LogP contribution in [0, 0.1) is 6.92 Å². The van der Waals surface area contributed by atoms with Crippen molar-refractivity contribution in [3.63, 3.8) is 0 Å². The molecule has 0 spiro atoms. The monoisotopic (exact) mass is 324 g/mol. The van der Waals surface area contributed by atoms with Gasteiger partial charge in [-0.15, -0.1) is 0 Å². The van der Waals surface area contributed by atoms with E-state index in [1.165, 1.54) is 5.56 Å². The summed E-state index contributed by atoms with van der Waals surface area (Å²) in [4.78, 5) is 15.7. The fraction of sp³-hybridized carbons (Fsp3) is 0.263. The summed E-state index contributed by atoms with van der Waals surface area (Å²) >= 11 is 0. The molecule has 2 aromatic carbocycles. The maximum absolute atomic E-state index is 11.1. The van der Waals surface area contributed by atoms with Crippen LogP contribution in [-0.4, -0.2) is 20.6 Å². The lowest BCUT2D eigenvalue weighted by Crippen LogP contribution is -2.07. The summed E-state index contributed by atoms with van der Waals surface area (Å²) in [6.45, 7) is 5.29. The fourth-order valence-electron chi connectivity index (χ4n) is 2.68. The number of aromatic nitrogens is 2. The smallest absolute Gasteiger partial charge is 0.335 e. The van der Waals surface area contributed by atoms with E-state index < -0.39 is 5.97 Å². The van der Waals surface area contributed by atoms with Gasteiger partial charge in [0.15, 0.2) is 0 Å². The summed E-state index contributed by atoms with van der Waals surface area (Å²) in [6.07, 6.45) is 0.962. The quantitative estimate of drug-likeness (QED) is 0.743. The molecule has 1 N–H and O–H groups in total. The fourth-order valence-corrected chi connectivity index (χ4v) is 2.68. The summed E-state index contributed by atoms with van der Waals surface area (Å²) in [5.41, 5.74) is 3.05. The molecule has 0 fully saturated rings. The highest BCUT2D eigenvalue weighted by molar-refractivity contribution is 5.92. The maximum atomic E-state index is 11.1. The van der Waals surface area contributed by atoms with E-state index in [9.17, 15) is 4.79 Å². The van der Waals surface area contributed by atoms with Gasteiger partial charge >= 0.3 is 5.97 Å². The third kappa shape index (κ3) is 3.25. The Kier molecular flexibility index (Phi) is 4.51. The maximum Gasteiger partial charge on any atom is 0.335 e. The minimum absolute atomic E-state index is 0.245. The zero-order valence-electron chi connectivity index (χ0n) is 13.8. The van der Waals surface area contributed by atoms with Crippen LogP contribution >= 0.6 is 0 Å². The Hall–Kier alpha value is -2.82. The van der Waals surface area contributed by atoms with Gasteiger partial charge in [0.1, 0.15) is 18.2 Å². The van der Waals surface area contributed by atoms with E-state index in [4.69, 9.17) is 9.84 Å². The van der Waals surface area contributed by atoms with Gasteiger partial charge in [-0.25, -0.2) is 9.78 Å². The van der Waals surface area contributed by atoms with Crippen LogP contribution in [0.1, 0.15) is 35.1 Å². The van der Waals surface area contributed by atoms with Gasteiger partial charge in [-0.05, 0) is 43.7 Å². The van der Waals surface area contributed by atoms with Gasteiger partial charge in [-0.2, -0.15) is 0 Å². The molecule has 0 saturated heterocycles. The molecular formula is C19H20N2O3. The number of fused-ring (bicyclic) bond motifs is 1. The number of hydrogen-bond acceptors (Lipinski definition) is 3. The molecule has 0 aliphatic carbocycles. The summed E-state index contributed by atoms with van der Waals surface area (Å²) in [5.74, 6) is 0.649. The molecule has 3 aromatic rings. The van der Waals surface area contributed by atoms with Crippen LogP contribution in [-0.2, 0) is 13.2 Å². The van der Waals surface area contributed by atoms with E-state index in [1.807, 2.05) is 37.3 Å². The van der Waals surface area contributed by atoms with E-state index in [0.717, 1.165) is 30.1 Å². The average Bonchev–Trinajstić information content (AvgIpc) is 2.92. The van der Waals surface area contributed by atoms with Gasteiger partial charge in [0.25, 0.3) is 0 Å². The number of ether oxygens (including phenoxy) is 1. The lowest BCUT2D eigenvalue weighted by atomic mass is 10.2. The molecule has 24 heavy (non-hydrogen) atoms. The first-order valence-corrected chi connectivity index (χ1v) is 8.00. The van der Waals surface area contributed by atoms with Crippen molar-refractivity contribution in [1.82, 2.24) is 9.55 Å². The Labute approximate surface area is 140 Å². The molecule has 0 amide bonds. The van der Waals surface area contributed by atoms with Crippen LogP contribution in [0.25, 0.3) is 11.0 Å². The van der Waals surface area contributed by atoms with Gasteiger partial charge in [-0.1, -0.05) is 24.6 Å². The molecule has 3 rings (SSSR count). The van der Waals surface area contributed by atoms with Gasteiger partial charge in [0.05, 0.1) is 16.6 Å². The van der Waals surface area contributed by atoms with Crippen LogP contribution < -0.4 is 4.74 Å². The van der Waals surface area contributed by atoms with Crippen molar-refractivity contribution in [2.45, 2.75) is 33.4 Å². The molecule has 0 aliphatic heterocycles. The summed E-state index contributed by atoms with van der Waals surface area (Å²) < 4.78 is 7.93. The molecule has 1 heterocycles. The number of carbonyl (C=O) groups is 1. The average molecular weight is 324 g/mol. The van der Waals surface area contributed by atoms with Crippen molar-refractivity contribution >= 4 is 17.0 Å². The van der Waals surface area contributed by atoms with Crippen molar-refractivity contribution in [3.8, 4) is 5.75 Å². The van der Waals surface area contributed by atoms with Crippen molar-refractivity contribution < 1.29 is 14.6 Å². The predicted octanol–water partition coefficient (Wildman–Crippen LogP) is 4.03. The number of carboxylic acids is 1. The number of aromatic carboxylic acids is 1. The molecule has 1 aromatic heterocycles. The zero-order chi connectivity index (χ0) is 17.1. The molecule has 0 bridgehead atoms. The SMILES string of the molecule is CCCn1c(COc2ccc(C)cc2)nc2cc(C(=O)O)ccc21. The summed E-state index contributed by atoms with van der Waals surface area (Å²) in [6, 6.07) is 12.9. The van der Waals surface area contributed by atoms with Crippen LogP contribution in [0.5, 0.6) is 5.75 Å². The first-order chi connectivity index (χ1) is 11.6. The number of imidazole rings is 1. The predicted molar refractivity (Wildman–Crippen MR) is 92.5 cm³/mol. The number of benzene rings is 2. The normalized spacial score (nSPS) is 10.9. The Morgan fingerprint density at radius 1 is 1.21 bits per heavy atom. The van der Waals surface area contributed by atoms with Crippen LogP contribution in [0.4, 0.5) is 0 Å². The highest BCUT2D eigenvalue weighted by Gasteiger charge is 2.13. The van der Waals surface area contributed by atoms with Crippen molar-refractivity contribution in [1.29, 1.82) is 0 Å². The van der Waals surface area contributed by atoms with E-state index in [2.05, 4.69) is 16.5 Å². The lowest BCUT2D eigenvalue weighted by molar-refractivity contribution is 0.0697. The van der Waals surface area contributed by atoms with Gasteiger partial charge < -0.3 is 14.4 Å². The van der Waals surface area contributed by atoms with Crippen LogP contribution in [0.2, 0.25) is 0 Å². The number of nitrogens with zero attached hydrogens (tertiary/aromatic N) is 2. The highest BCUT2D eigenvalue weighted by atomic mass is 16.5. The Morgan fingerprint density at radius 3 is 2.62 bits per heavy atom. The van der Waals surface area contributed by atoms with Crippen molar-refractivity contribution in [3.05, 3.63) is 59.4 Å². The minimum Gasteiger partial charge on any atom is -0.486 e. The van der Waals surface area contributed by atoms with Crippen molar-refractivity contribution in [2.75, 3.05) is 0 Å². The van der Waals surface area contributed by atoms with E-state index in [0.29, 0.717) is 12.1 Å². The molecule has 5 nitrogen and oxygen atoms in total. The number of hydrogen-bond donors (Lipinski definition) is 1. The molecule has 124 valence electrons. The first-order valence-electron chi connectivity index (χ1n) is 8.00. The Morgan fingerprint density at radius 2 is 1.96 bits per heavy atom. The molecule has 0 atom stereocenters. The van der Waals surface area contributed by atoms with E-state index >= 15 is 0 Å². The van der Waals surface area contributed by atoms with Crippen LogP contribution in [0.15, 0.2) is 42.5 Å². The lowest BCUT2D eigenvalue weighted by Gasteiger charge is -2.09. The number of aryl methyl sites for hydroxylation is 2. The second kappa shape index (κ2) is 6.74. The molecule has 0 aliphatic rings. The third-order valence-corrected chi connectivity index (χ3v) is 3.91. The van der Waals surface area contributed by atoms with E-state index in [-0.39, 0.29) is 5.56 Å². The highest BCUT2D eigenvalue weighted by Crippen LogP contribution is 2.20. The van der Waals surface area contributed by atoms with E-state index in [1.54, 1.807) is 12.1 Å². The van der Waals surface area contributed by atoms with Crippen molar-refractivity contribution in [2.24, 2.45) is 0 Å². The van der Waals surface area contributed by atoms with Gasteiger partial charge in [-0.3, -0.25) is 0 Å². The molecule has 0 saturated carbocycles. The number of carboxylic acid groups (broad SMARTS) is 1. The number of rotatable bonds is 6. The molecular weight excluding hydrogens is 304 g/mol. The Balaban J connectivity index is 1.91. The standard InChI is InChI=1S/C19H20N2O3/c1-3-10-21-17-9-6-14(19(22)23)11-16(17)20-18(21)12-24-15-7-4-13(2)5-8-15/h4-9,11H,3,10,12H2,1-2H3,(H,22,23). The third-order valence-electron chi connectivity index (χ3n) is 3.91. The Bertz CT molecular complexity index is 866.